The van der Waals surface area contributed by atoms with Crippen LogP contribution in [0.4, 0.5) is 0 Å². The van der Waals surface area contributed by atoms with Crippen molar-refractivity contribution >= 4 is 35.3 Å². The van der Waals surface area contributed by atoms with E-state index in [4.69, 9.17) is 27.9 Å². The highest BCUT2D eigenvalue weighted by Crippen LogP contribution is 2.19. The van der Waals surface area contributed by atoms with E-state index < -0.39 is 6.10 Å². The lowest BCUT2D eigenvalue weighted by Crippen LogP contribution is -2.33. The van der Waals surface area contributed by atoms with Gasteiger partial charge in [0.05, 0.1) is 11.2 Å². The van der Waals surface area contributed by atoms with E-state index in [9.17, 15) is 4.79 Å². The lowest BCUT2D eigenvalue weighted by atomic mass is 10.2. The Bertz CT molecular complexity index is 730. The van der Waals surface area contributed by atoms with Crippen LogP contribution in [0.15, 0.2) is 47.6 Å². The fourth-order valence-corrected chi connectivity index (χ4v) is 2.38. The van der Waals surface area contributed by atoms with Gasteiger partial charge in [0.1, 0.15) is 5.75 Å². The quantitative estimate of drug-likeness (QED) is 0.606. The molecule has 4 nitrogen and oxygen atoms in total. The van der Waals surface area contributed by atoms with E-state index in [1.54, 1.807) is 25.1 Å². The number of hydrogen-bond donors (Lipinski definition) is 1. The normalized spacial score (nSPS) is 12.2. The molecule has 0 bridgehead atoms. The van der Waals surface area contributed by atoms with Crippen molar-refractivity contribution in [3.05, 3.63) is 63.6 Å². The number of amides is 1. The second kappa shape index (κ2) is 8.71. The minimum absolute atomic E-state index is 0.351. The first-order valence-electron chi connectivity index (χ1n) is 7.53. The number of halogens is 2. The molecule has 1 unspecified atom stereocenters. The number of carbonyl (C=O) groups is 1. The molecular formula is C18H18Cl2N2O2. The van der Waals surface area contributed by atoms with E-state index in [2.05, 4.69) is 17.5 Å². The Morgan fingerprint density at radius 3 is 2.58 bits per heavy atom. The summed E-state index contributed by atoms with van der Waals surface area (Å²) in [6.45, 7) is 3.74. The average molecular weight is 365 g/mol. The third-order valence-electron chi connectivity index (χ3n) is 3.35. The molecule has 0 aromatic heterocycles. The molecule has 0 radical (unpaired) electrons. The standard InChI is InChI=1S/C18H18Cl2N2O2/c1-3-13-4-8-16(9-5-13)24-12(2)18(23)22-21-11-14-6-7-15(19)10-17(14)20/h4-12H,3H2,1-2H3,(H,22,23). The smallest absolute Gasteiger partial charge is 0.280 e. The third kappa shape index (κ3) is 5.25. The van der Waals surface area contributed by atoms with Crippen LogP contribution in [0.25, 0.3) is 0 Å². The van der Waals surface area contributed by atoms with Gasteiger partial charge in [-0.2, -0.15) is 5.10 Å². The Morgan fingerprint density at radius 1 is 1.25 bits per heavy atom. The predicted molar refractivity (Wildman–Crippen MR) is 98.1 cm³/mol. The number of carbonyl (C=O) groups excluding carboxylic acids is 1. The van der Waals surface area contributed by atoms with Crippen LogP contribution in [0.1, 0.15) is 25.0 Å². The average Bonchev–Trinajstić information content (AvgIpc) is 2.57. The number of aryl methyl sites for hydroxylation is 1. The first kappa shape index (κ1) is 18.3. The Balaban J connectivity index is 1.89. The maximum Gasteiger partial charge on any atom is 0.280 e. The molecule has 0 spiro atoms. The van der Waals surface area contributed by atoms with Crippen LogP contribution in [0.5, 0.6) is 5.75 Å². The number of hydrazone groups is 1. The zero-order valence-electron chi connectivity index (χ0n) is 13.4. The molecule has 1 atom stereocenters. The zero-order chi connectivity index (χ0) is 17.5. The van der Waals surface area contributed by atoms with Crippen molar-refractivity contribution in [2.75, 3.05) is 0 Å². The van der Waals surface area contributed by atoms with E-state index in [0.717, 1.165) is 6.42 Å². The van der Waals surface area contributed by atoms with Crippen molar-refractivity contribution in [3.8, 4) is 5.75 Å². The van der Waals surface area contributed by atoms with Crippen molar-refractivity contribution in [3.63, 3.8) is 0 Å². The van der Waals surface area contributed by atoms with Gasteiger partial charge in [-0.1, -0.05) is 48.3 Å². The van der Waals surface area contributed by atoms with Gasteiger partial charge < -0.3 is 4.74 Å². The summed E-state index contributed by atoms with van der Waals surface area (Å²) < 4.78 is 5.59. The van der Waals surface area contributed by atoms with E-state index >= 15 is 0 Å². The molecule has 0 aliphatic rings. The summed E-state index contributed by atoms with van der Waals surface area (Å²) in [5.74, 6) is 0.287. The summed E-state index contributed by atoms with van der Waals surface area (Å²) in [6.07, 6.45) is 1.74. The number of ether oxygens (including phenoxy) is 1. The van der Waals surface area contributed by atoms with Crippen LogP contribution >= 0.6 is 23.2 Å². The summed E-state index contributed by atoms with van der Waals surface area (Å²) in [7, 11) is 0. The number of benzene rings is 2. The van der Waals surface area contributed by atoms with E-state index in [1.165, 1.54) is 11.8 Å². The van der Waals surface area contributed by atoms with Gasteiger partial charge >= 0.3 is 0 Å². The van der Waals surface area contributed by atoms with Gasteiger partial charge in [0.2, 0.25) is 0 Å². The Labute approximate surface area is 151 Å². The monoisotopic (exact) mass is 364 g/mol. The molecule has 0 saturated carbocycles. The number of nitrogens with one attached hydrogen (secondary N) is 1. The highest BCUT2D eigenvalue weighted by atomic mass is 35.5. The van der Waals surface area contributed by atoms with Gasteiger partial charge in [-0.25, -0.2) is 5.43 Å². The fourth-order valence-electron chi connectivity index (χ4n) is 1.92. The van der Waals surface area contributed by atoms with Gasteiger partial charge in [0.15, 0.2) is 6.10 Å². The first-order chi connectivity index (χ1) is 11.5. The molecule has 126 valence electrons. The van der Waals surface area contributed by atoms with E-state index in [-0.39, 0.29) is 5.91 Å². The fraction of sp³-hybridized carbons (Fsp3) is 0.222. The molecule has 2 aromatic carbocycles. The lowest BCUT2D eigenvalue weighted by molar-refractivity contribution is -0.127. The molecule has 0 aliphatic heterocycles. The number of nitrogens with zero attached hydrogens (tertiary/aromatic N) is 1. The van der Waals surface area contributed by atoms with Crippen LogP contribution in [-0.4, -0.2) is 18.2 Å². The van der Waals surface area contributed by atoms with Gasteiger partial charge in [-0.3, -0.25) is 4.79 Å². The van der Waals surface area contributed by atoms with Gasteiger partial charge in [-0.05, 0) is 43.2 Å². The topological polar surface area (TPSA) is 50.7 Å². The Kier molecular flexibility index (Phi) is 6.64. The molecule has 0 aliphatic carbocycles. The molecule has 2 aromatic rings. The van der Waals surface area contributed by atoms with Gasteiger partial charge in [0.25, 0.3) is 5.91 Å². The number of hydrogen-bond acceptors (Lipinski definition) is 3. The number of rotatable bonds is 6. The van der Waals surface area contributed by atoms with Crippen molar-refractivity contribution in [2.24, 2.45) is 5.10 Å². The molecule has 0 heterocycles. The maximum absolute atomic E-state index is 12.0. The second-order valence-corrected chi connectivity index (χ2v) is 6.00. The van der Waals surface area contributed by atoms with Crippen molar-refractivity contribution in [1.29, 1.82) is 0 Å². The van der Waals surface area contributed by atoms with Crippen molar-refractivity contribution in [1.82, 2.24) is 5.43 Å². The Morgan fingerprint density at radius 2 is 1.96 bits per heavy atom. The molecule has 6 heteroatoms. The predicted octanol–water partition coefficient (Wildman–Crippen LogP) is 4.47. The van der Waals surface area contributed by atoms with E-state index in [1.807, 2.05) is 24.3 Å². The molecule has 24 heavy (non-hydrogen) atoms. The molecule has 0 saturated heterocycles. The second-order valence-electron chi connectivity index (χ2n) is 5.16. The summed E-state index contributed by atoms with van der Waals surface area (Å²) in [5, 5.41) is 4.89. The van der Waals surface area contributed by atoms with E-state index in [0.29, 0.717) is 21.4 Å². The van der Waals surface area contributed by atoms with Gasteiger partial charge in [0, 0.05) is 10.6 Å². The third-order valence-corrected chi connectivity index (χ3v) is 3.92. The molecular weight excluding hydrogens is 347 g/mol. The first-order valence-corrected chi connectivity index (χ1v) is 8.28. The van der Waals surface area contributed by atoms with Crippen molar-refractivity contribution in [2.45, 2.75) is 26.4 Å². The van der Waals surface area contributed by atoms with Crippen molar-refractivity contribution < 1.29 is 9.53 Å². The Hall–Kier alpha value is -2.04. The minimum Gasteiger partial charge on any atom is -0.481 e. The summed E-state index contributed by atoms with van der Waals surface area (Å²) >= 11 is 11.9. The molecule has 1 N–H and O–H groups in total. The zero-order valence-corrected chi connectivity index (χ0v) is 14.9. The minimum atomic E-state index is -0.671. The molecule has 0 fully saturated rings. The van der Waals surface area contributed by atoms with Gasteiger partial charge in [-0.15, -0.1) is 0 Å². The summed E-state index contributed by atoms with van der Waals surface area (Å²) in [5.41, 5.74) is 4.30. The SMILES string of the molecule is CCc1ccc(OC(C)C(=O)NN=Cc2ccc(Cl)cc2Cl)cc1. The largest absolute Gasteiger partial charge is 0.481 e. The van der Waals surface area contributed by atoms with Crippen LogP contribution in [0.2, 0.25) is 10.0 Å². The van der Waals surface area contributed by atoms with Crippen LogP contribution in [0, 0.1) is 0 Å². The van der Waals surface area contributed by atoms with Crippen LogP contribution in [-0.2, 0) is 11.2 Å². The summed E-state index contributed by atoms with van der Waals surface area (Å²) in [4.78, 5) is 12.0. The molecule has 2 rings (SSSR count). The highest BCUT2D eigenvalue weighted by molar-refractivity contribution is 6.36. The summed E-state index contributed by atoms with van der Waals surface area (Å²) in [6, 6.07) is 12.7. The lowest BCUT2D eigenvalue weighted by Gasteiger charge is -2.13. The van der Waals surface area contributed by atoms with Crippen LogP contribution < -0.4 is 10.2 Å². The van der Waals surface area contributed by atoms with Crippen LogP contribution in [0.3, 0.4) is 0 Å². The molecule has 1 amide bonds. The maximum atomic E-state index is 12.0. The highest BCUT2D eigenvalue weighted by Gasteiger charge is 2.13.